The fourth-order valence-electron chi connectivity index (χ4n) is 3.59. The quantitative estimate of drug-likeness (QED) is 0.416. The number of nitrogens with one attached hydrogen (secondary N) is 1. The van der Waals surface area contributed by atoms with Crippen molar-refractivity contribution in [2.24, 2.45) is 0 Å². The third kappa shape index (κ3) is 4.97. The zero-order valence-corrected chi connectivity index (χ0v) is 18.4. The molecule has 1 aliphatic rings. The smallest absolute Gasteiger partial charge is 0.229 e. The third-order valence-electron chi connectivity index (χ3n) is 5.14. The molecule has 0 radical (unpaired) electrons. The second-order valence-electron chi connectivity index (χ2n) is 8.23. The molecular weight excluding hydrogens is 394 g/mol. The second-order valence-corrected chi connectivity index (χ2v) is 8.23. The first-order valence-electron chi connectivity index (χ1n) is 9.94. The van der Waals surface area contributed by atoms with Gasteiger partial charge >= 0.3 is 0 Å². The molecule has 0 spiro atoms. The highest BCUT2D eigenvalue weighted by atomic mass is 16.5. The van der Waals surface area contributed by atoms with Gasteiger partial charge in [-0.2, -0.15) is 0 Å². The van der Waals surface area contributed by atoms with E-state index in [4.69, 9.17) is 9.47 Å². The normalized spacial score (nSPS) is 16.3. The van der Waals surface area contributed by atoms with Gasteiger partial charge in [0.25, 0.3) is 0 Å². The summed E-state index contributed by atoms with van der Waals surface area (Å²) < 4.78 is 10.8. The minimum Gasteiger partial charge on any atom is -0.507 e. The van der Waals surface area contributed by atoms with Crippen LogP contribution < -0.4 is 14.8 Å². The average Bonchev–Trinajstić information content (AvgIpc) is 2.72. The topological polar surface area (TPSA) is 84.9 Å². The molecule has 0 bridgehead atoms. The van der Waals surface area contributed by atoms with E-state index in [1.807, 2.05) is 39.0 Å². The number of aliphatic hydroxyl groups is 1. The Balaban J connectivity index is 1.95. The summed E-state index contributed by atoms with van der Waals surface area (Å²) in [6.45, 7) is 5.94. The Hall–Kier alpha value is -3.54. The summed E-state index contributed by atoms with van der Waals surface area (Å²) in [5.74, 6) is -0.658. The van der Waals surface area contributed by atoms with E-state index in [-0.39, 0.29) is 11.3 Å². The summed E-state index contributed by atoms with van der Waals surface area (Å²) in [5.41, 5.74) is 3.44. The van der Waals surface area contributed by atoms with Gasteiger partial charge in [-0.05, 0) is 44.9 Å². The predicted octanol–water partition coefficient (Wildman–Crippen LogP) is 4.01. The molecule has 31 heavy (non-hydrogen) atoms. The molecule has 0 atom stereocenters. The number of fused-ring (bicyclic) bond motifs is 1. The average molecular weight is 421 g/mol. The number of methoxy groups -OCH3 is 2. The number of ketones is 2. The number of aryl methyl sites for hydroxylation is 1. The molecule has 0 aromatic heterocycles. The molecule has 0 fully saturated rings. The molecule has 2 aromatic carbocycles. The van der Waals surface area contributed by atoms with Crippen molar-refractivity contribution in [2.45, 2.75) is 32.7 Å². The van der Waals surface area contributed by atoms with Crippen molar-refractivity contribution in [2.75, 3.05) is 14.2 Å². The molecule has 0 unspecified atom stereocenters. The Morgan fingerprint density at radius 3 is 2.26 bits per heavy atom. The van der Waals surface area contributed by atoms with E-state index in [0.717, 1.165) is 22.8 Å². The van der Waals surface area contributed by atoms with Gasteiger partial charge in [-0.3, -0.25) is 9.59 Å². The lowest BCUT2D eigenvalue weighted by atomic mass is 9.85. The Bertz CT molecular complexity index is 1080. The highest BCUT2D eigenvalue weighted by molar-refractivity contribution is 6.47. The van der Waals surface area contributed by atoms with Crippen molar-refractivity contribution >= 4 is 23.0 Å². The van der Waals surface area contributed by atoms with E-state index in [0.29, 0.717) is 29.2 Å². The van der Waals surface area contributed by atoms with E-state index >= 15 is 0 Å². The van der Waals surface area contributed by atoms with Gasteiger partial charge < -0.3 is 19.9 Å². The van der Waals surface area contributed by atoms with Crippen molar-refractivity contribution in [1.29, 1.82) is 0 Å². The fraction of sp³-hybridized carbons (Fsp3) is 0.280. The molecule has 1 heterocycles. The summed E-state index contributed by atoms with van der Waals surface area (Å²) in [4.78, 5) is 25.1. The molecule has 2 N–H and O–H groups in total. The monoisotopic (exact) mass is 421 g/mol. The number of aliphatic hydroxyl groups excluding tert-OH is 1. The molecule has 6 heteroatoms. The van der Waals surface area contributed by atoms with Crippen LogP contribution in [0.2, 0.25) is 0 Å². The van der Waals surface area contributed by atoms with Gasteiger partial charge in [0.1, 0.15) is 5.76 Å². The lowest BCUT2D eigenvalue weighted by Gasteiger charge is -2.36. The van der Waals surface area contributed by atoms with Gasteiger partial charge in [0, 0.05) is 34.5 Å². The highest BCUT2D eigenvalue weighted by Gasteiger charge is 2.30. The molecule has 6 nitrogen and oxygen atoms in total. The van der Waals surface area contributed by atoms with E-state index in [2.05, 4.69) is 5.32 Å². The van der Waals surface area contributed by atoms with Crippen molar-refractivity contribution in [1.82, 2.24) is 5.32 Å². The zero-order chi connectivity index (χ0) is 22.8. The molecule has 3 rings (SSSR count). The molecule has 162 valence electrons. The number of hydrogen-bond donors (Lipinski definition) is 2. The van der Waals surface area contributed by atoms with E-state index in [1.54, 1.807) is 32.4 Å². The summed E-state index contributed by atoms with van der Waals surface area (Å²) in [6.07, 6.45) is 2.93. The number of allylic oxidation sites excluding steroid dienone is 2. The lowest BCUT2D eigenvalue weighted by Crippen LogP contribution is -2.44. The van der Waals surface area contributed by atoms with Crippen LogP contribution in [0.15, 0.2) is 48.6 Å². The second kappa shape index (κ2) is 8.68. The molecular formula is C25H27NO5. The van der Waals surface area contributed by atoms with Crippen molar-refractivity contribution in [3.63, 3.8) is 0 Å². The van der Waals surface area contributed by atoms with Gasteiger partial charge in [-0.15, -0.1) is 0 Å². The lowest BCUT2D eigenvalue weighted by molar-refractivity contribution is -0.130. The third-order valence-corrected chi connectivity index (χ3v) is 5.14. The Morgan fingerprint density at radius 1 is 1.03 bits per heavy atom. The summed E-state index contributed by atoms with van der Waals surface area (Å²) in [7, 11) is 3.11. The zero-order valence-electron chi connectivity index (χ0n) is 18.4. The molecule has 2 aromatic rings. The molecule has 0 aliphatic carbocycles. The van der Waals surface area contributed by atoms with Crippen LogP contribution in [0, 0.1) is 6.92 Å². The van der Waals surface area contributed by atoms with Crippen LogP contribution in [0.25, 0.3) is 11.5 Å². The maximum absolute atomic E-state index is 12.7. The fourth-order valence-corrected chi connectivity index (χ4v) is 3.59. The summed E-state index contributed by atoms with van der Waals surface area (Å²) in [5, 5.41) is 13.5. The highest BCUT2D eigenvalue weighted by Crippen LogP contribution is 2.38. The van der Waals surface area contributed by atoms with Crippen LogP contribution in [0.5, 0.6) is 11.5 Å². The van der Waals surface area contributed by atoms with Gasteiger partial charge in [-0.25, -0.2) is 0 Å². The minimum atomic E-state index is -0.808. The van der Waals surface area contributed by atoms with Crippen molar-refractivity contribution in [3.05, 3.63) is 70.8 Å². The SMILES string of the molecule is COc1cc2c(cc1OC)/C(=C/C(=O)C(=O)/C=C(\O)c1ccc(C)cc1)NC(C)(C)C2. The van der Waals surface area contributed by atoms with Crippen molar-refractivity contribution in [3.8, 4) is 11.5 Å². The van der Waals surface area contributed by atoms with E-state index in [9.17, 15) is 14.7 Å². The first-order chi connectivity index (χ1) is 14.6. The number of carbonyl (C=O) groups is 2. The van der Waals surface area contributed by atoms with Gasteiger partial charge in [0.2, 0.25) is 11.6 Å². The molecule has 0 saturated heterocycles. The van der Waals surface area contributed by atoms with Gasteiger partial charge in [-0.1, -0.05) is 29.8 Å². The number of carbonyl (C=O) groups excluding carboxylic acids is 2. The number of ether oxygens (including phenoxy) is 2. The maximum Gasteiger partial charge on any atom is 0.229 e. The van der Waals surface area contributed by atoms with Crippen LogP contribution in [-0.2, 0) is 16.0 Å². The van der Waals surface area contributed by atoms with Crippen LogP contribution in [0.3, 0.4) is 0 Å². The molecule has 0 amide bonds. The Kier molecular flexibility index (Phi) is 6.20. The van der Waals surface area contributed by atoms with E-state index < -0.39 is 11.6 Å². The first-order valence-corrected chi connectivity index (χ1v) is 9.94. The largest absolute Gasteiger partial charge is 0.507 e. The minimum absolute atomic E-state index is 0.250. The van der Waals surface area contributed by atoms with Gasteiger partial charge in [0.15, 0.2) is 11.5 Å². The predicted molar refractivity (Wildman–Crippen MR) is 120 cm³/mol. The Morgan fingerprint density at radius 2 is 1.65 bits per heavy atom. The standard InChI is InChI=1S/C25H27NO5/c1-15-6-8-16(9-7-15)20(27)13-22(29)21(28)12-19-18-11-24(31-5)23(30-4)10-17(18)14-25(2,3)26-19/h6-13,26-27H,14H2,1-5H3/b19-12-,20-13-. The summed E-state index contributed by atoms with van der Waals surface area (Å²) >= 11 is 0. The van der Waals surface area contributed by atoms with Crippen molar-refractivity contribution < 1.29 is 24.2 Å². The first kappa shape index (κ1) is 22.2. The summed E-state index contributed by atoms with van der Waals surface area (Å²) in [6, 6.07) is 10.7. The van der Waals surface area contributed by atoms with Crippen LogP contribution in [0.4, 0.5) is 0 Å². The van der Waals surface area contributed by atoms with Gasteiger partial charge in [0.05, 0.1) is 14.2 Å². The van der Waals surface area contributed by atoms with Crippen LogP contribution in [0.1, 0.15) is 36.1 Å². The molecule has 1 aliphatic heterocycles. The molecule has 0 saturated carbocycles. The number of benzene rings is 2. The van der Waals surface area contributed by atoms with E-state index in [1.165, 1.54) is 6.08 Å². The number of rotatable bonds is 6. The van der Waals surface area contributed by atoms with Crippen LogP contribution in [-0.4, -0.2) is 36.4 Å². The number of hydrogen-bond acceptors (Lipinski definition) is 6. The van der Waals surface area contributed by atoms with Crippen LogP contribution >= 0.6 is 0 Å². The maximum atomic E-state index is 12.7. The Labute approximate surface area is 182 Å².